The van der Waals surface area contributed by atoms with Gasteiger partial charge >= 0.3 is 0 Å². The average molecular weight is 263 g/mol. The fraction of sp³-hybridized carbons (Fsp3) is 0.429. The second kappa shape index (κ2) is 6.22. The largest absolute Gasteiger partial charge is 0.299 e. The first-order valence-electron chi connectivity index (χ1n) is 6.02. The first kappa shape index (κ1) is 15.0. The first-order valence-corrected chi connectivity index (χ1v) is 6.02. The molecule has 0 unspecified atom stereocenters. The summed E-state index contributed by atoms with van der Waals surface area (Å²) in [5.74, 6) is -2.32. The normalized spacial score (nSPS) is 12.2. The van der Waals surface area contributed by atoms with Gasteiger partial charge in [0.2, 0.25) is 6.54 Å². The van der Waals surface area contributed by atoms with E-state index in [1.807, 2.05) is 19.1 Å². The number of carbonyl (C=O) groups excluding carboxylic acids is 2. The van der Waals surface area contributed by atoms with E-state index in [0.29, 0.717) is 5.56 Å². The predicted molar refractivity (Wildman–Crippen MR) is 70.6 cm³/mol. The Kier molecular flexibility index (Phi) is 4.92. The number of nitrogens with zero attached hydrogens (tertiary/aromatic N) is 1. The molecule has 0 spiro atoms. The third kappa shape index (κ3) is 3.98. The van der Waals surface area contributed by atoms with Crippen LogP contribution in [0.4, 0.5) is 0 Å². The van der Waals surface area contributed by atoms with Crippen molar-refractivity contribution >= 4 is 11.6 Å². The molecule has 0 amide bonds. The highest BCUT2D eigenvalue weighted by atomic mass is 16.6. The molecule has 0 saturated carbocycles. The van der Waals surface area contributed by atoms with Crippen LogP contribution in [0.25, 0.3) is 0 Å². The quantitative estimate of drug-likeness (QED) is 0.447. The molecule has 0 N–H and O–H groups in total. The Morgan fingerprint density at radius 2 is 1.63 bits per heavy atom. The summed E-state index contributed by atoms with van der Waals surface area (Å²) in [6.07, 6.45) is 0. The second-order valence-corrected chi connectivity index (χ2v) is 4.73. The molecule has 0 saturated heterocycles. The Morgan fingerprint density at radius 3 is 2.00 bits per heavy atom. The number of Topliss-reactive ketones (excluding diaryl/α,β-unsaturated/α-hetero) is 2. The van der Waals surface area contributed by atoms with Crippen LogP contribution < -0.4 is 0 Å². The van der Waals surface area contributed by atoms with Gasteiger partial charge in [0.25, 0.3) is 0 Å². The van der Waals surface area contributed by atoms with E-state index in [0.717, 1.165) is 5.56 Å². The average Bonchev–Trinajstić information content (AvgIpc) is 2.27. The summed E-state index contributed by atoms with van der Waals surface area (Å²) in [4.78, 5) is 33.5. The smallest absolute Gasteiger partial charge is 0.211 e. The zero-order valence-electron chi connectivity index (χ0n) is 11.3. The molecule has 0 aromatic heterocycles. The number of hydrogen-bond acceptors (Lipinski definition) is 4. The van der Waals surface area contributed by atoms with Crippen LogP contribution in [0.1, 0.15) is 30.9 Å². The van der Waals surface area contributed by atoms with E-state index in [9.17, 15) is 19.7 Å². The van der Waals surface area contributed by atoms with Crippen LogP contribution in [-0.2, 0) is 9.59 Å². The van der Waals surface area contributed by atoms with Gasteiger partial charge in [-0.05, 0) is 26.3 Å². The van der Waals surface area contributed by atoms with Crippen molar-refractivity contribution in [3.63, 3.8) is 0 Å². The van der Waals surface area contributed by atoms with Crippen molar-refractivity contribution in [3.8, 4) is 0 Å². The summed E-state index contributed by atoms with van der Waals surface area (Å²) in [6, 6.07) is 7.12. The maximum atomic E-state index is 11.6. The number of ketones is 2. The maximum absolute atomic E-state index is 11.6. The molecule has 0 bridgehead atoms. The zero-order valence-corrected chi connectivity index (χ0v) is 11.3. The summed E-state index contributed by atoms with van der Waals surface area (Å²) >= 11 is 0. The van der Waals surface area contributed by atoms with Gasteiger partial charge in [-0.25, -0.2) is 0 Å². The highest BCUT2D eigenvalue weighted by molar-refractivity contribution is 6.01. The van der Waals surface area contributed by atoms with Crippen molar-refractivity contribution in [3.05, 3.63) is 45.5 Å². The minimum absolute atomic E-state index is 0.333. The zero-order chi connectivity index (χ0) is 14.6. The van der Waals surface area contributed by atoms with Gasteiger partial charge in [0, 0.05) is 4.92 Å². The van der Waals surface area contributed by atoms with Crippen molar-refractivity contribution in [2.75, 3.05) is 6.54 Å². The molecule has 0 aliphatic carbocycles. The Morgan fingerprint density at radius 1 is 1.16 bits per heavy atom. The SMILES string of the molecule is CC(=O)C(C(C)=O)[C@H](C[N+](=O)[O-])c1ccc(C)cc1. The molecule has 0 radical (unpaired) electrons. The van der Waals surface area contributed by atoms with Crippen LogP contribution in [0.2, 0.25) is 0 Å². The maximum Gasteiger partial charge on any atom is 0.211 e. The Balaban J connectivity index is 3.19. The van der Waals surface area contributed by atoms with Crippen molar-refractivity contribution in [2.45, 2.75) is 26.7 Å². The number of rotatable bonds is 6. The number of nitro groups is 1. The minimum atomic E-state index is -0.951. The van der Waals surface area contributed by atoms with E-state index in [2.05, 4.69) is 0 Å². The standard InChI is InChI=1S/C14H17NO4/c1-9-4-6-12(7-5-9)13(8-15(18)19)14(10(2)16)11(3)17/h4-7,13-14H,8H2,1-3H3/t13-/m1/s1. The lowest BCUT2D eigenvalue weighted by molar-refractivity contribution is -0.484. The molecule has 0 aliphatic heterocycles. The van der Waals surface area contributed by atoms with Crippen LogP contribution in [0.5, 0.6) is 0 Å². The Hall–Kier alpha value is -2.04. The van der Waals surface area contributed by atoms with Gasteiger partial charge in [-0.1, -0.05) is 29.8 Å². The first-order chi connectivity index (χ1) is 8.82. The second-order valence-electron chi connectivity index (χ2n) is 4.73. The van der Waals surface area contributed by atoms with Crippen molar-refractivity contribution in [1.29, 1.82) is 0 Å². The number of hydrogen-bond donors (Lipinski definition) is 0. The Labute approximate surface area is 111 Å². The third-order valence-electron chi connectivity index (χ3n) is 3.13. The van der Waals surface area contributed by atoms with E-state index < -0.39 is 23.3 Å². The predicted octanol–water partition coefficient (Wildman–Crippen LogP) is 2.15. The van der Waals surface area contributed by atoms with Gasteiger partial charge in [-0.2, -0.15) is 0 Å². The molecule has 1 aromatic carbocycles. The molecular formula is C14H17NO4. The van der Waals surface area contributed by atoms with Crippen molar-refractivity contribution in [2.24, 2.45) is 5.92 Å². The van der Waals surface area contributed by atoms with Crippen LogP contribution >= 0.6 is 0 Å². The Bertz CT molecular complexity index is 479. The topological polar surface area (TPSA) is 77.3 Å². The molecule has 0 heterocycles. The lowest BCUT2D eigenvalue weighted by Gasteiger charge is -2.20. The molecule has 5 heteroatoms. The van der Waals surface area contributed by atoms with Gasteiger partial charge in [-0.3, -0.25) is 19.7 Å². The third-order valence-corrected chi connectivity index (χ3v) is 3.13. The molecule has 5 nitrogen and oxygen atoms in total. The summed E-state index contributed by atoms with van der Waals surface area (Å²) in [7, 11) is 0. The van der Waals surface area contributed by atoms with Crippen molar-refractivity contribution < 1.29 is 14.5 Å². The molecule has 19 heavy (non-hydrogen) atoms. The van der Waals surface area contributed by atoms with Crippen LogP contribution in [0.3, 0.4) is 0 Å². The fourth-order valence-electron chi connectivity index (χ4n) is 2.23. The molecule has 0 fully saturated rings. The minimum Gasteiger partial charge on any atom is -0.299 e. The van der Waals surface area contributed by atoms with E-state index in [4.69, 9.17) is 0 Å². The summed E-state index contributed by atoms with van der Waals surface area (Å²) in [5.41, 5.74) is 1.67. The van der Waals surface area contributed by atoms with Gasteiger partial charge in [-0.15, -0.1) is 0 Å². The lowest BCUT2D eigenvalue weighted by atomic mass is 9.81. The fourth-order valence-corrected chi connectivity index (χ4v) is 2.23. The molecule has 1 atom stereocenters. The summed E-state index contributed by atoms with van der Waals surface area (Å²) < 4.78 is 0. The van der Waals surface area contributed by atoms with Gasteiger partial charge in [0.05, 0.1) is 11.8 Å². The number of benzene rings is 1. The van der Waals surface area contributed by atoms with Gasteiger partial charge < -0.3 is 0 Å². The van der Waals surface area contributed by atoms with Crippen molar-refractivity contribution in [1.82, 2.24) is 0 Å². The van der Waals surface area contributed by atoms with Crippen LogP contribution in [0.15, 0.2) is 24.3 Å². The van der Waals surface area contributed by atoms with E-state index in [1.165, 1.54) is 13.8 Å². The summed E-state index contributed by atoms with van der Waals surface area (Å²) in [5, 5.41) is 10.8. The lowest BCUT2D eigenvalue weighted by Crippen LogP contribution is -2.31. The molecule has 0 aliphatic rings. The van der Waals surface area contributed by atoms with E-state index in [-0.39, 0.29) is 11.6 Å². The van der Waals surface area contributed by atoms with Gasteiger partial charge in [0.15, 0.2) is 0 Å². The van der Waals surface area contributed by atoms with Gasteiger partial charge in [0.1, 0.15) is 11.6 Å². The van der Waals surface area contributed by atoms with Crippen LogP contribution in [0, 0.1) is 23.0 Å². The van der Waals surface area contributed by atoms with Crippen LogP contribution in [-0.4, -0.2) is 23.0 Å². The number of carbonyl (C=O) groups is 2. The summed E-state index contributed by atoms with van der Waals surface area (Å²) in [6.45, 7) is 4.08. The molecular weight excluding hydrogens is 246 g/mol. The molecule has 1 rings (SSSR count). The monoisotopic (exact) mass is 263 g/mol. The van der Waals surface area contributed by atoms with E-state index in [1.54, 1.807) is 12.1 Å². The number of aryl methyl sites for hydroxylation is 1. The molecule has 102 valence electrons. The van der Waals surface area contributed by atoms with E-state index >= 15 is 0 Å². The highest BCUT2D eigenvalue weighted by Crippen LogP contribution is 2.27. The molecule has 1 aromatic rings. The highest BCUT2D eigenvalue weighted by Gasteiger charge is 2.34.